The van der Waals surface area contributed by atoms with Crippen LogP contribution < -0.4 is 9.47 Å². The van der Waals surface area contributed by atoms with Gasteiger partial charge in [0.15, 0.2) is 11.5 Å². The van der Waals surface area contributed by atoms with Crippen LogP contribution in [0.2, 0.25) is 0 Å². The third-order valence-corrected chi connectivity index (χ3v) is 10.9. The molecule has 6 atom stereocenters. The Morgan fingerprint density at radius 1 is 1.11 bits per heavy atom. The molecule has 1 N–H and O–H groups in total. The number of amides is 1. The Kier molecular flexibility index (Phi) is 8.48. The van der Waals surface area contributed by atoms with Gasteiger partial charge in [-0.2, -0.15) is 0 Å². The molecule has 1 spiro atoms. The van der Waals surface area contributed by atoms with Gasteiger partial charge >= 0.3 is 5.97 Å². The van der Waals surface area contributed by atoms with Crippen LogP contribution in [0.4, 0.5) is 0 Å². The maximum Gasteiger partial charge on any atom is 0.308 e. The molecule has 2 bridgehead atoms. The molecule has 1 saturated heterocycles. The summed E-state index contributed by atoms with van der Waals surface area (Å²) >= 11 is 0. The first-order valence-corrected chi connectivity index (χ1v) is 17.2. The molecule has 3 aromatic rings. The van der Waals surface area contributed by atoms with Gasteiger partial charge in [-0.05, 0) is 79.8 Å². The number of hydrogen-bond donors (Lipinski definition) is 1. The van der Waals surface area contributed by atoms with Crippen LogP contribution in [0.15, 0.2) is 72.8 Å². The molecule has 7 nitrogen and oxygen atoms in total. The highest BCUT2D eigenvalue weighted by molar-refractivity contribution is 5.92. The number of carbonyl (C=O) groups excluding carboxylic acids is 2. The van der Waals surface area contributed by atoms with Crippen LogP contribution in [0.5, 0.6) is 11.5 Å². The predicted octanol–water partition coefficient (Wildman–Crippen LogP) is 6.26. The van der Waals surface area contributed by atoms with E-state index in [9.17, 15) is 14.7 Å². The van der Waals surface area contributed by atoms with E-state index in [1.54, 1.807) is 6.08 Å². The van der Waals surface area contributed by atoms with Crippen molar-refractivity contribution in [1.82, 2.24) is 9.80 Å². The quantitative estimate of drug-likeness (QED) is 0.170. The van der Waals surface area contributed by atoms with Gasteiger partial charge in [0.1, 0.15) is 6.10 Å². The molecule has 2 aliphatic heterocycles. The topological polar surface area (TPSA) is 79.3 Å². The zero-order valence-corrected chi connectivity index (χ0v) is 27.9. The largest absolute Gasteiger partial charge is 0.483 e. The van der Waals surface area contributed by atoms with Crippen molar-refractivity contribution >= 4 is 18.0 Å². The summed E-state index contributed by atoms with van der Waals surface area (Å²) < 4.78 is 12.8. The summed E-state index contributed by atoms with van der Waals surface area (Å²) in [5, 5.41) is 11.3. The van der Waals surface area contributed by atoms with E-state index in [0.29, 0.717) is 30.5 Å². The number of esters is 1. The van der Waals surface area contributed by atoms with Gasteiger partial charge in [0.25, 0.3) is 0 Å². The summed E-state index contributed by atoms with van der Waals surface area (Å²) in [5.74, 6) is 1.35. The highest BCUT2D eigenvalue weighted by Crippen LogP contribution is 2.64. The smallest absolute Gasteiger partial charge is 0.308 e. The number of benzene rings is 3. The van der Waals surface area contributed by atoms with Crippen LogP contribution >= 0.6 is 0 Å². The standard InChI is InChI=1S/C40H46N2O5/c1-25(2)23-42(36(45)18-13-28-10-8-9-26(3)21-28)32-16-15-31-33-22-30-14-17-35(46-27(4)43)38-37(30)40(31,39(32)47-38)19-20-41(33)24-34(44)29-11-6-5-7-12-29/h5-14,17-18,21,25,31-34,39,44H,15-16,19-20,22-24H2,1-4H3/t31-,32+,33+,34?,39-,40-/m0/s1. The Morgan fingerprint density at radius 3 is 2.66 bits per heavy atom. The molecule has 3 aromatic carbocycles. The van der Waals surface area contributed by atoms with Crippen LogP contribution in [0, 0.1) is 18.8 Å². The SMILES string of the molecule is CC(=O)Oc1ccc2c3c1O[C@H]1[C@H](N(CC(C)C)C(=O)C=Cc4cccc(C)c4)CC[C@H]4[C@@H](C2)N(CC(O)c2ccccc2)CC[C@@]341. The second kappa shape index (κ2) is 12.6. The lowest BCUT2D eigenvalue weighted by Crippen LogP contribution is -2.69. The van der Waals surface area contributed by atoms with E-state index in [2.05, 4.69) is 48.8 Å². The minimum Gasteiger partial charge on any atom is -0.483 e. The van der Waals surface area contributed by atoms with Crippen LogP contribution in [0.1, 0.15) is 74.0 Å². The molecule has 2 heterocycles. The summed E-state index contributed by atoms with van der Waals surface area (Å²) in [4.78, 5) is 30.9. The van der Waals surface area contributed by atoms with E-state index < -0.39 is 6.10 Å². The molecular weight excluding hydrogens is 588 g/mol. The molecule has 2 fully saturated rings. The Labute approximate surface area is 278 Å². The van der Waals surface area contributed by atoms with Gasteiger partial charge < -0.3 is 19.5 Å². The third-order valence-electron chi connectivity index (χ3n) is 10.9. The van der Waals surface area contributed by atoms with Crippen LogP contribution in [0.3, 0.4) is 0 Å². The lowest BCUT2D eigenvalue weighted by atomic mass is 9.51. The molecule has 1 saturated carbocycles. The molecular formula is C40H46N2O5. The van der Waals surface area contributed by atoms with E-state index in [1.807, 2.05) is 54.6 Å². The first kappa shape index (κ1) is 31.6. The second-order valence-electron chi connectivity index (χ2n) is 14.4. The average molecular weight is 635 g/mol. The summed E-state index contributed by atoms with van der Waals surface area (Å²) in [6.45, 7) is 9.81. The number of aryl methyl sites for hydroxylation is 1. The number of aliphatic hydroxyl groups is 1. The van der Waals surface area contributed by atoms with Crippen LogP contribution in [-0.4, -0.2) is 64.6 Å². The fraction of sp³-hybridized carbons (Fsp3) is 0.450. The zero-order valence-electron chi connectivity index (χ0n) is 27.9. The first-order valence-electron chi connectivity index (χ1n) is 17.2. The van der Waals surface area contributed by atoms with Gasteiger partial charge in [-0.15, -0.1) is 0 Å². The number of rotatable bonds is 9. The van der Waals surface area contributed by atoms with Gasteiger partial charge in [-0.25, -0.2) is 0 Å². The number of piperidine rings is 1. The van der Waals surface area contributed by atoms with Crippen molar-refractivity contribution in [1.29, 1.82) is 0 Å². The maximum absolute atomic E-state index is 14.1. The zero-order chi connectivity index (χ0) is 32.9. The van der Waals surface area contributed by atoms with Crippen molar-refractivity contribution < 1.29 is 24.2 Å². The molecule has 7 rings (SSSR count). The number of likely N-dealkylation sites (tertiary alicyclic amines) is 1. The predicted molar refractivity (Wildman–Crippen MR) is 182 cm³/mol. The molecule has 2 aliphatic carbocycles. The molecule has 7 heteroatoms. The monoisotopic (exact) mass is 634 g/mol. The minimum absolute atomic E-state index is 0.00387. The van der Waals surface area contributed by atoms with E-state index >= 15 is 0 Å². The molecule has 4 aliphatic rings. The van der Waals surface area contributed by atoms with Crippen molar-refractivity contribution in [3.63, 3.8) is 0 Å². The second-order valence-corrected chi connectivity index (χ2v) is 14.4. The summed E-state index contributed by atoms with van der Waals surface area (Å²) in [7, 11) is 0. The fourth-order valence-corrected chi connectivity index (χ4v) is 9.19. The third kappa shape index (κ3) is 5.67. The number of ether oxygens (including phenoxy) is 2. The van der Waals surface area contributed by atoms with Crippen molar-refractivity contribution in [2.45, 2.75) is 83.1 Å². The molecule has 0 aromatic heterocycles. The summed E-state index contributed by atoms with van der Waals surface area (Å²) in [6, 6.07) is 22.2. The maximum atomic E-state index is 14.1. The van der Waals surface area contributed by atoms with E-state index in [4.69, 9.17) is 9.47 Å². The number of carbonyl (C=O) groups is 2. The molecule has 246 valence electrons. The minimum atomic E-state index is -0.570. The Hall–Kier alpha value is -3.94. The number of nitrogens with zero attached hydrogens (tertiary/aromatic N) is 2. The fourth-order valence-electron chi connectivity index (χ4n) is 9.19. The Balaban J connectivity index is 1.26. The van der Waals surface area contributed by atoms with Crippen LogP contribution in [0.25, 0.3) is 6.08 Å². The van der Waals surface area contributed by atoms with E-state index in [1.165, 1.54) is 18.1 Å². The van der Waals surface area contributed by atoms with Gasteiger partial charge in [0.2, 0.25) is 5.91 Å². The summed E-state index contributed by atoms with van der Waals surface area (Å²) in [5.41, 5.74) is 5.19. The number of β-amino-alcohol motifs (C(OH)–C–C–N with tert-alkyl or cyclic N) is 1. The highest BCUT2D eigenvalue weighted by Gasteiger charge is 2.66. The van der Waals surface area contributed by atoms with Crippen molar-refractivity contribution in [2.75, 3.05) is 19.6 Å². The van der Waals surface area contributed by atoms with E-state index in [-0.39, 0.29) is 41.4 Å². The molecule has 1 amide bonds. The van der Waals surface area contributed by atoms with Gasteiger partial charge in [0, 0.05) is 43.1 Å². The lowest BCUT2D eigenvalue weighted by Gasteiger charge is -2.60. The lowest BCUT2D eigenvalue weighted by molar-refractivity contribution is -0.139. The van der Waals surface area contributed by atoms with Gasteiger partial charge in [0.05, 0.1) is 12.1 Å². The van der Waals surface area contributed by atoms with Gasteiger partial charge in [-0.1, -0.05) is 80.1 Å². The van der Waals surface area contributed by atoms with Crippen molar-refractivity contribution in [3.05, 3.63) is 101 Å². The van der Waals surface area contributed by atoms with Crippen molar-refractivity contribution in [3.8, 4) is 11.5 Å². The van der Waals surface area contributed by atoms with Gasteiger partial charge in [-0.3, -0.25) is 14.5 Å². The normalized spacial score (nSPS) is 26.5. The molecule has 0 radical (unpaired) electrons. The first-order chi connectivity index (χ1) is 22.7. The number of hydrogen-bond acceptors (Lipinski definition) is 6. The number of aliphatic hydroxyl groups excluding tert-OH is 1. The average Bonchev–Trinajstić information content (AvgIpc) is 3.40. The summed E-state index contributed by atoms with van der Waals surface area (Å²) in [6.07, 6.45) is 6.29. The van der Waals surface area contributed by atoms with E-state index in [0.717, 1.165) is 48.9 Å². The van der Waals surface area contributed by atoms with Crippen molar-refractivity contribution in [2.24, 2.45) is 11.8 Å². The highest BCUT2D eigenvalue weighted by atomic mass is 16.6. The Bertz CT molecular complexity index is 1690. The Morgan fingerprint density at radius 2 is 1.91 bits per heavy atom. The molecule has 1 unspecified atom stereocenters. The molecule has 47 heavy (non-hydrogen) atoms. The van der Waals surface area contributed by atoms with Crippen LogP contribution in [-0.2, 0) is 21.4 Å².